The molecule has 0 aliphatic carbocycles. The molecule has 0 amide bonds. The van der Waals surface area contributed by atoms with Crippen LogP contribution < -0.4 is 5.11 Å². The van der Waals surface area contributed by atoms with E-state index in [1.54, 1.807) is 6.92 Å². The van der Waals surface area contributed by atoms with Gasteiger partial charge < -0.3 is 5.11 Å². The zero-order valence-electron chi connectivity index (χ0n) is 2.56. The lowest BCUT2D eigenvalue weighted by molar-refractivity contribution is -0.380. The van der Waals surface area contributed by atoms with Crippen molar-refractivity contribution < 1.29 is 5.11 Å². The molecule has 4 heavy (non-hydrogen) atoms. The van der Waals surface area contributed by atoms with Crippen molar-refractivity contribution in [3.63, 3.8) is 0 Å². The molecule has 1 nitrogen and oxygen atoms in total. The first kappa shape index (κ1) is 4.39. The molecule has 0 aliphatic heterocycles. The largest absolute Gasteiger partial charge is 0.849 e. The summed E-state index contributed by atoms with van der Waals surface area (Å²) in [6, 6.07) is 0. The highest BCUT2D eigenvalue weighted by atomic mass is 31.0. The van der Waals surface area contributed by atoms with Crippen LogP contribution in [-0.4, -0.2) is 5.85 Å². The predicted octanol–water partition coefficient (Wildman–Crippen LogP) is -0.432. The molecule has 0 aromatic heterocycles. The van der Waals surface area contributed by atoms with E-state index in [4.69, 9.17) is 0 Å². The Morgan fingerprint density at radius 3 is 2.00 bits per heavy atom. The monoisotopic (exact) mass is 77.0 g/mol. The molecule has 2 atom stereocenters. The Hall–Kier alpha value is 0.390. The molecule has 2 unspecified atom stereocenters. The lowest BCUT2D eigenvalue weighted by Gasteiger charge is -2.02. The number of hydrogen-bond acceptors (Lipinski definition) is 1. The van der Waals surface area contributed by atoms with E-state index in [0.29, 0.717) is 0 Å². The third kappa shape index (κ3) is 30.4. The second-order valence-corrected chi connectivity index (χ2v) is 1.64. The molecular weight excluding hydrogens is 71.0 g/mol. The first-order valence-electron chi connectivity index (χ1n) is 1.15. The zero-order valence-corrected chi connectivity index (χ0v) is 3.72. The summed E-state index contributed by atoms with van der Waals surface area (Å²) >= 11 is 0. The molecule has 2 heteroatoms. The number of rotatable bonds is 0. The summed E-state index contributed by atoms with van der Waals surface area (Å²) in [4.78, 5) is 0. The highest BCUT2D eigenvalue weighted by molar-refractivity contribution is 7.17. The van der Waals surface area contributed by atoms with Crippen molar-refractivity contribution in [2.45, 2.75) is 12.8 Å². The molecular formula is C2H6OP-. The minimum Gasteiger partial charge on any atom is -0.849 e. The van der Waals surface area contributed by atoms with Gasteiger partial charge in [0.15, 0.2) is 0 Å². The maximum Gasteiger partial charge on any atom is -0.0745 e. The molecule has 0 saturated heterocycles. The van der Waals surface area contributed by atoms with E-state index in [0.717, 1.165) is 0 Å². The molecule has 0 radical (unpaired) electrons. The van der Waals surface area contributed by atoms with Crippen LogP contribution in [0.25, 0.3) is 0 Å². The second-order valence-electron chi connectivity index (χ2n) is 0.705. The summed E-state index contributed by atoms with van der Waals surface area (Å²) in [6.07, 6.45) is 0. The van der Waals surface area contributed by atoms with Crippen molar-refractivity contribution in [3.05, 3.63) is 0 Å². The van der Waals surface area contributed by atoms with Gasteiger partial charge in [-0.1, -0.05) is 6.92 Å². The lowest BCUT2D eigenvalue weighted by atomic mass is 10.9. The summed E-state index contributed by atoms with van der Waals surface area (Å²) in [5.74, 6) is -0.500. The molecule has 0 aliphatic rings. The van der Waals surface area contributed by atoms with E-state index in [9.17, 15) is 5.11 Å². The van der Waals surface area contributed by atoms with Crippen molar-refractivity contribution in [3.8, 4) is 0 Å². The summed E-state index contributed by atoms with van der Waals surface area (Å²) in [6.45, 7) is 1.57. The van der Waals surface area contributed by atoms with Crippen LogP contribution in [-0.2, 0) is 0 Å². The third-order valence-electron chi connectivity index (χ3n) is 0. The highest BCUT2D eigenvalue weighted by Gasteiger charge is 1.53. The van der Waals surface area contributed by atoms with Crippen LogP contribution >= 0.6 is 9.24 Å². The lowest BCUT2D eigenvalue weighted by Crippen LogP contribution is -2.09. The summed E-state index contributed by atoms with van der Waals surface area (Å²) in [5, 5.41) is 9.49. The van der Waals surface area contributed by atoms with Gasteiger partial charge in [0.25, 0.3) is 0 Å². The maximum atomic E-state index is 9.49. The van der Waals surface area contributed by atoms with Crippen LogP contribution in [0.2, 0.25) is 0 Å². The van der Waals surface area contributed by atoms with E-state index in [2.05, 4.69) is 9.24 Å². The fraction of sp³-hybridized carbons (Fsp3) is 1.00. The minimum atomic E-state index is -0.500. The normalized spacial score (nSPS) is 15.8. The zero-order chi connectivity index (χ0) is 3.58. The first-order valence-corrected chi connectivity index (χ1v) is 1.81. The quantitative estimate of drug-likeness (QED) is 0.360. The molecule has 0 rings (SSSR count). The molecule has 0 fully saturated rings. The molecule has 0 N–H and O–H groups in total. The topological polar surface area (TPSA) is 23.1 Å². The first-order chi connectivity index (χ1) is 1.73. The molecule has 0 saturated carbocycles. The van der Waals surface area contributed by atoms with Gasteiger partial charge >= 0.3 is 0 Å². The second kappa shape index (κ2) is 1.68. The Labute approximate surface area is 28.2 Å². The average Bonchev–Trinajstić information content (AvgIpc) is 0.811. The van der Waals surface area contributed by atoms with Crippen LogP contribution in [0.15, 0.2) is 0 Å². The summed E-state index contributed by atoms with van der Waals surface area (Å²) < 4.78 is 0. The highest BCUT2D eigenvalue weighted by Crippen LogP contribution is 1.80. The van der Waals surface area contributed by atoms with E-state index in [1.165, 1.54) is 0 Å². The molecule has 0 heterocycles. The van der Waals surface area contributed by atoms with E-state index >= 15 is 0 Å². The van der Waals surface area contributed by atoms with Crippen LogP contribution in [0.4, 0.5) is 0 Å². The van der Waals surface area contributed by atoms with Crippen LogP contribution in [0, 0.1) is 0 Å². The molecule has 0 bridgehead atoms. The van der Waals surface area contributed by atoms with Crippen molar-refractivity contribution in [2.24, 2.45) is 0 Å². The fourth-order valence-corrected chi connectivity index (χ4v) is 0. The van der Waals surface area contributed by atoms with Gasteiger partial charge in [0.2, 0.25) is 0 Å². The van der Waals surface area contributed by atoms with Gasteiger partial charge in [-0.2, -0.15) is 9.24 Å². The smallest absolute Gasteiger partial charge is 0.0745 e. The van der Waals surface area contributed by atoms with Gasteiger partial charge in [0, 0.05) is 0 Å². The SMILES string of the molecule is CC([O-])P. The standard InChI is InChI=1S/C2H6OP/c1-2(3)4/h2H,4H2,1H3/q-1. The van der Waals surface area contributed by atoms with Gasteiger partial charge in [-0.25, -0.2) is 0 Å². The minimum absolute atomic E-state index is 0.500. The van der Waals surface area contributed by atoms with Gasteiger partial charge in [-0.05, 0) is 0 Å². The number of hydrogen-bond donors (Lipinski definition) is 0. The van der Waals surface area contributed by atoms with Gasteiger partial charge in [-0.15, -0.1) is 5.85 Å². The van der Waals surface area contributed by atoms with Crippen molar-refractivity contribution >= 4 is 9.24 Å². The van der Waals surface area contributed by atoms with E-state index in [-0.39, 0.29) is 0 Å². The summed E-state index contributed by atoms with van der Waals surface area (Å²) in [7, 11) is 2.10. The Balaban J connectivity index is 2.32. The van der Waals surface area contributed by atoms with Crippen LogP contribution in [0.5, 0.6) is 0 Å². The molecule has 0 aromatic carbocycles. The average molecular weight is 77.0 g/mol. The third-order valence-corrected chi connectivity index (χ3v) is 0. The summed E-state index contributed by atoms with van der Waals surface area (Å²) in [5.41, 5.74) is 0. The molecule has 0 spiro atoms. The molecule has 0 aromatic rings. The van der Waals surface area contributed by atoms with Crippen LogP contribution in [0.1, 0.15) is 6.92 Å². The van der Waals surface area contributed by atoms with Crippen LogP contribution in [0.3, 0.4) is 0 Å². The Bertz CT molecular complexity index is 10.8. The predicted molar refractivity (Wildman–Crippen MR) is 19.2 cm³/mol. The Kier molecular flexibility index (Phi) is 1.85. The van der Waals surface area contributed by atoms with Crippen molar-refractivity contribution in [1.29, 1.82) is 0 Å². The van der Waals surface area contributed by atoms with Crippen molar-refractivity contribution in [1.82, 2.24) is 0 Å². The Morgan fingerprint density at radius 1 is 2.00 bits per heavy atom. The van der Waals surface area contributed by atoms with Gasteiger partial charge in [0.05, 0.1) is 0 Å². The fourth-order valence-electron chi connectivity index (χ4n) is 0. The van der Waals surface area contributed by atoms with Gasteiger partial charge in [0.1, 0.15) is 0 Å². The van der Waals surface area contributed by atoms with E-state index < -0.39 is 5.85 Å². The molecule has 26 valence electrons. The Morgan fingerprint density at radius 2 is 2.00 bits per heavy atom. The van der Waals surface area contributed by atoms with Gasteiger partial charge in [-0.3, -0.25) is 0 Å². The maximum absolute atomic E-state index is 9.49. The van der Waals surface area contributed by atoms with E-state index in [1.807, 2.05) is 0 Å². The van der Waals surface area contributed by atoms with Crippen molar-refractivity contribution in [2.75, 3.05) is 0 Å².